The summed E-state index contributed by atoms with van der Waals surface area (Å²) >= 11 is 6.04. The number of fused-ring (bicyclic) bond motifs is 1. The first kappa shape index (κ1) is 14.7. The van der Waals surface area contributed by atoms with Crippen molar-refractivity contribution in [3.05, 3.63) is 35.5 Å². The molecule has 0 saturated carbocycles. The molecule has 5 nitrogen and oxygen atoms in total. The minimum Gasteiger partial charge on any atom is -0.383 e. The van der Waals surface area contributed by atoms with Crippen LogP contribution in [0.5, 0.6) is 0 Å². The van der Waals surface area contributed by atoms with Gasteiger partial charge in [0.1, 0.15) is 0 Å². The highest BCUT2D eigenvalue weighted by Gasteiger charge is 2.08. The Hall–Kier alpha value is -1.69. The van der Waals surface area contributed by atoms with Crippen LogP contribution in [-0.4, -0.2) is 37.7 Å². The summed E-state index contributed by atoms with van der Waals surface area (Å²) in [7, 11) is 1.62. The fourth-order valence-electron chi connectivity index (χ4n) is 1.82. The molecule has 6 heteroatoms. The lowest BCUT2D eigenvalue weighted by molar-refractivity contribution is -0.115. The number of aromatic nitrogens is 1. The lowest BCUT2D eigenvalue weighted by Gasteiger charge is -2.09. The van der Waals surface area contributed by atoms with Crippen molar-refractivity contribution in [3.63, 3.8) is 0 Å². The van der Waals surface area contributed by atoms with Gasteiger partial charge in [-0.2, -0.15) is 0 Å². The van der Waals surface area contributed by atoms with Crippen LogP contribution >= 0.6 is 11.6 Å². The Labute approximate surface area is 122 Å². The number of ether oxygens (including phenoxy) is 1. The van der Waals surface area contributed by atoms with E-state index < -0.39 is 0 Å². The average Bonchev–Trinajstić information content (AvgIpc) is 2.43. The summed E-state index contributed by atoms with van der Waals surface area (Å²) in [6, 6.07) is 7.25. The highest BCUT2D eigenvalue weighted by Crippen LogP contribution is 2.26. The van der Waals surface area contributed by atoms with Crippen molar-refractivity contribution in [2.45, 2.75) is 0 Å². The van der Waals surface area contributed by atoms with Gasteiger partial charge in [0.25, 0.3) is 0 Å². The van der Waals surface area contributed by atoms with Crippen LogP contribution in [-0.2, 0) is 9.53 Å². The predicted octanol–water partition coefficient (Wildman–Crippen LogP) is 2.06. The third-order valence-corrected chi connectivity index (χ3v) is 2.93. The maximum atomic E-state index is 11.8. The van der Waals surface area contributed by atoms with Gasteiger partial charge < -0.3 is 15.4 Å². The third kappa shape index (κ3) is 3.90. The molecule has 0 aliphatic rings. The summed E-state index contributed by atoms with van der Waals surface area (Å²) < 4.78 is 4.89. The first-order valence-corrected chi connectivity index (χ1v) is 6.62. The molecule has 1 aromatic carbocycles. The summed E-state index contributed by atoms with van der Waals surface area (Å²) in [6.45, 7) is 1.40. The highest BCUT2D eigenvalue weighted by molar-refractivity contribution is 6.32. The van der Waals surface area contributed by atoms with Crippen molar-refractivity contribution < 1.29 is 9.53 Å². The van der Waals surface area contributed by atoms with E-state index in [1.54, 1.807) is 19.4 Å². The van der Waals surface area contributed by atoms with Gasteiger partial charge in [-0.05, 0) is 18.2 Å². The number of hydrogen-bond donors (Lipinski definition) is 2. The second-order valence-electron chi connectivity index (χ2n) is 4.25. The fraction of sp³-hybridized carbons (Fsp3) is 0.286. The van der Waals surface area contributed by atoms with Gasteiger partial charge in [0.05, 0.1) is 24.4 Å². The van der Waals surface area contributed by atoms with Gasteiger partial charge >= 0.3 is 0 Å². The predicted molar refractivity (Wildman–Crippen MR) is 80.1 cm³/mol. The highest BCUT2D eigenvalue weighted by atomic mass is 35.5. The lowest BCUT2D eigenvalue weighted by Crippen LogP contribution is -2.30. The smallest absolute Gasteiger partial charge is 0.238 e. The molecule has 0 radical (unpaired) electrons. The molecule has 0 unspecified atom stereocenters. The number of halogens is 1. The van der Waals surface area contributed by atoms with E-state index in [1.165, 1.54) is 0 Å². The van der Waals surface area contributed by atoms with Crippen LogP contribution in [0.2, 0.25) is 5.02 Å². The van der Waals surface area contributed by atoms with Crippen molar-refractivity contribution in [1.82, 2.24) is 10.3 Å². The molecule has 0 fully saturated rings. The fourth-order valence-corrected chi connectivity index (χ4v) is 2.05. The van der Waals surface area contributed by atoms with Crippen molar-refractivity contribution >= 4 is 34.1 Å². The minimum absolute atomic E-state index is 0.143. The average molecular weight is 294 g/mol. The standard InChI is InChI=1S/C14H16ClN3O2/c1-20-6-5-16-9-13(19)18-12-8-11(15)7-10-3-2-4-17-14(10)12/h2-4,7-8,16H,5-6,9H2,1H3,(H,18,19). The number of nitrogens with one attached hydrogen (secondary N) is 2. The monoisotopic (exact) mass is 293 g/mol. The van der Waals surface area contributed by atoms with Crippen LogP contribution in [0, 0.1) is 0 Å². The van der Waals surface area contributed by atoms with Crippen LogP contribution in [0.25, 0.3) is 10.9 Å². The molecule has 106 valence electrons. The zero-order chi connectivity index (χ0) is 14.4. The molecule has 0 saturated heterocycles. The molecule has 0 spiro atoms. The summed E-state index contributed by atoms with van der Waals surface area (Å²) in [4.78, 5) is 16.1. The van der Waals surface area contributed by atoms with Crippen molar-refractivity contribution in [3.8, 4) is 0 Å². The van der Waals surface area contributed by atoms with E-state index in [-0.39, 0.29) is 12.5 Å². The molecule has 2 N–H and O–H groups in total. The Balaban J connectivity index is 2.07. The van der Waals surface area contributed by atoms with Gasteiger partial charge in [0, 0.05) is 30.3 Å². The Bertz CT molecular complexity index is 604. The number of pyridine rings is 1. The normalized spacial score (nSPS) is 10.7. The maximum absolute atomic E-state index is 11.8. The molecule has 2 aromatic rings. The maximum Gasteiger partial charge on any atom is 0.238 e. The zero-order valence-electron chi connectivity index (χ0n) is 11.1. The summed E-state index contributed by atoms with van der Waals surface area (Å²) in [6.07, 6.45) is 1.68. The Morgan fingerprint density at radius 1 is 1.45 bits per heavy atom. The SMILES string of the molecule is COCCNCC(=O)Nc1cc(Cl)cc2cccnc12. The number of benzene rings is 1. The quantitative estimate of drug-likeness (QED) is 0.800. The van der Waals surface area contributed by atoms with E-state index in [1.807, 2.05) is 18.2 Å². The molecule has 20 heavy (non-hydrogen) atoms. The first-order chi connectivity index (χ1) is 9.70. The van der Waals surface area contributed by atoms with E-state index in [2.05, 4.69) is 15.6 Å². The Morgan fingerprint density at radius 2 is 2.30 bits per heavy atom. The largest absolute Gasteiger partial charge is 0.383 e. The summed E-state index contributed by atoms with van der Waals surface area (Å²) in [5.74, 6) is -0.143. The summed E-state index contributed by atoms with van der Waals surface area (Å²) in [5.41, 5.74) is 1.34. The molecular formula is C14H16ClN3O2. The van der Waals surface area contributed by atoms with Gasteiger partial charge in [0.2, 0.25) is 5.91 Å². The zero-order valence-corrected chi connectivity index (χ0v) is 11.9. The molecule has 0 aliphatic heterocycles. The van der Waals surface area contributed by atoms with E-state index >= 15 is 0 Å². The topological polar surface area (TPSA) is 63.2 Å². The number of hydrogen-bond acceptors (Lipinski definition) is 4. The van der Waals surface area contributed by atoms with Crippen molar-refractivity contribution in [2.24, 2.45) is 0 Å². The van der Waals surface area contributed by atoms with Crippen molar-refractivity contribution in [1.29, 1.82) is 0 Å². The lowest BCUT2D eigenvalue weighted by atomic mass is 10.2. The van der Waals surface area contributed by atoms with Gasteiger partial charge in [-0.3, -0.25) is 9.78 Å². The first-order valence-electron chi connectivity index (χ1n) is 6.24. The van der Waals surface area contributed by atoms with E-state index in [0.717, 1.165) is 10.9 Å². The Morgan fingerprint density at radius 3 is 3.10 bits per heavy atom. The molecule has 1 heterocycles. The molecule has 2 rings (SSSR count). The minimum atomic E-state index is -0.143. The van der Waals surface area contributed by atoms with Crippen LogP contribution in [0.1, 0.15) is 0 Å². The Kier molecular flexibility index (Phi) is 5.29. The number of carbonyl (C=O) groups excluding carboxylic acids is 1. The van der Waals surface area contributed by atoms with E-state index in [9.17, 15) is 4.79 Å². The van der Waals surface area contributed by atoms with E-state index in [4.69, 9.17) is 16.3 Å². The number of rotatable bonds is 6. The number of nitrogens with zero attached hydrogens (tertiary/aromatic N) is 1. The van der Waals surface area contributed by atoms with Gasteiger partial charge in [-0.15, -0.1) is 0 Å². The number of carbonyl (C=O) groups is 1. The number of amides is 1. The molecule has 1 aromatic heterocycles. The number of methoxy groups -OCH3 is 1. The van der Waals surface area contributed by atoms with Crippen LogP contribution in [0.4, 0.5) is 5.69 Å². The van der Waals surface area contributed by atoms with E-state index in [0.29, 0.717) is 23.9 Å². The molecule has 1 amide bonds. The second-order valence-corrected chi connectivity index (χ2v) is 4.68. The summed E-state index contributed by atoms with van der Waals surface area (Å²) in [5, 5.41) is 7.25. The second kappa shape index (κ2) is 7.19. The molecule has 0 atom stereocenters. The van der Waals surface area contributed by atoms with Gasteiger partial charge in [-0.25, -0.2) is 0 Å². The van der Waals surface area contributed by atoms with Crippen LogP contribution in [0.15, 0.2) is 30.5 Å². The van der Waals surface area contributed by atoms with Gasteiger partial charge in [-0.1, -0.05) is 17.7 Å². The van der Waals surface area contributed by atoms with Crippen LogP contribution in [0.3, 0.4) is 0 Å². The number of anilines is 1. The van der Waals surface area contributed by atoms with Crippen LogP contribution < -0.4 is 10.6 Å². The third-order valence-electron chi connectivity index (χ3n) is 2.71. The molecular weight excluding hydrogens is 278 g/mol. The molecule has 0 aliphatic carbocycles. The van der Waals surface area contributed by atoms with Crippen molar-refractivity contribution in [2.75, 3.05) is 32.1 Å². The van der Waals surface area contributed by atoms with Gasteiger partial charge in [0.15, 0.2) is 0 Å². The molecule has 0 bridgehead atoms.